The standard InChI is InChI=1S/C18H18ClFN2O3S/c1-11-14(15-10-13(20)4-5-16(15)22-11)7-8-21-26(23,24)18-9-12(19)3-6-17(18)25-2/h3-6,9-10,21-22H,7-8H2,1-2H3. The van der Waals surface area contributed by atoms with Crippen LogP contribution in [0.4, 0.5) is 4.39 Å². The zero-order valence-electron chi connectivity index (χ0n) is 14.3. The van der Waals surface area contributed by atoms with E-state index in [0.717, 1.165) is 22.2 Å². The molecule has 0 radical (unpaired) electrons. The molecule has 0 aliphatic carbocycles. The Morgan fingerprint density at radius 2 is 2.00 bits per heavy atom. The number of methoxy groups -OCH3 is 1. The Kier molecular flexibility index (Phi) is 5.22. The smallest absolute Gasteiger partial charge is 0.244 e. The average Bonchev–Trinajstić information content (AvgIpc) is 2.90. The number of fused-ring (bicyclic) bond motifs is 1. The molecular weight excluding hydrogens is 379 g/mol. The number of ether oxygens (including phenoxy) is 1. The Labute approximate surface area is 156 Å². The Morgan fingerprint density at radius 3 is 2.73 bits per heavy atom. The molecule has 8 heteroatoms. The van der Waals surface area contributed by atoms with E-state index in [2.05, 4.69) is 9.71 Å². The van der Waals surface area contributed by atoms with Crippen LogP contribution in [-0.4, -0.2) is 27.1 Å². The predicted molar refractivity (Wildman–Crippen MR) is 99.9 cm³/mol. The van der Waals surface area contributed by atoms with Crippen molar-refractivity contribution in [3.8, 4) is 5.75 Å². The molecule has 3 aromatic rings. The van der Waals surface area contributed by atoms with Crippen molar-refractivity contribution in [2.24, 2.45) is 0 Å². The quantitative estimate of drug-likeness (QED) is 0.665. The normalized spacial score (nSPS) is 11.8. The zero-order valence-corrected chi connectivity index (χ0v) is 15.8. The summed E-state index contributed by atoms with van der Waals surface area (Å²) >= 11 is 5.91. The fourth-order valence-electron chi connectivity index (χ4n) is 2.93. The number of aromatic amines is 1. The van der Waals surface area contributed by atoms with Gasteiger partial charge in [-0.15, -0.1) is 0 Å². The molecule has 0 spiro atoms. The van der Waals surface area contributed by atoms with Crippen molar-refractivity contribution >= 4 is 32.5 Å². The van der Waals surface area contributed by atoms with Crippen LogP contribution in [0.2, 0.25) is 5.02 Å². The van der Waals surface area contributed by atoms with Gasteiger partial charge < -0.3 is 9.72 Å². The molecule has 3 rings (SSSR count). The Bertz CT molecular complexity index is 1060. The van der Waals surface area contributed by atoms with Crippen LogP contribution in [0.25, 0.3) is 10.9 Å². The van der Waals surface area contributed by atoms with E-state index >= 15 is 0 Å². The largest absolute Gasteiger partial charge is 0.495 e. The maximum Gasteiger partial charge on any atom is 0.244 e. The summed E-state index contributed by atoms with van der Waals surface area (Å²) in [5.41, 5.74) is 2.57. The molecule has 5 nitrogen and oxygen atoms in total. The number of H-pyrrole nitrogens is 1. The third kappa shape index (κ3) is 3.70. The van der Waals surface area contributed by atoms with Crippen LogP contribution in [-0.2, 0) is 16.4 Å². The summed E-state index contributed by atoms with van der Waals surface area (Å²) in [7, 11) is -2.40. The second kappa shape index (κ2) is 7.26. The van der Waals surface area contributed by atoms with Crippen LogP contribution in [0.5, 0.6) is 5.75 Å². The molecule has 0 bridgehead atoms. The molecule has 0 atom stereocenters. The highest BCUT2D eigenvalue weighted by Crippen LogP contribution is 2.27. The number of sulfonamides is 1. The van der Waals surface area contributed by atoms with Gasteiger partial charge in [0.15, 0.2) is 0 Å². The average molecular weight is 397 g/mol. The molecular formula is C18H18ClFN2O3S. The molecule has 0 unspecified atom stereocenters. The fraction of sp³-hybridized carbons (Fsp3) is 0.222. The lowest BCUT2D eigenvalue weighted by Gasteiger charge is -2.11. The minimum atomic E-state index is -3.80. The van der Waals surface area contributed by atoms with Gasteiger partial charge in [-0.25, -0.2) is 17.5 Å². The van der Waals surface area contributed by atoms with Crippen molar-refractivity contribution in [1.29, 1.82) is 0 Å². The third-order valence-corrected chi connectivity index (χ3v) is 5.88. The lowest BCUT2D eigenvalue weighted by molar-refractivity contribution is 0.402. The van der Waals surface area contributed by atoms with Gasteiger partial charge >= 0.3 is 0 Å². The van der Waals surface area contributed by atoms with Gasteiger partial charge in [0.05, 0.1) is 7.11 Å². The molecule has 0 fully saturated rings. The molecule has 0 saturated carbocycles. The van der Waals surface area contributed by atoms with Gasteiger partial charge in [0, 0.05) is 28.2 Å². The second-order valence-electron chi connectivity index (χ2n) is 5.86. The lowest BCUT2D eigenvalue weighted by Crippen LogP contribution is -2.26. The van der Waals surface area contributed by atoms with Gasteiger partial charge in [-0.3, -0.25) is 0 Å². The number of nitrogens with one attached hydrogen (secondary N) is 2. The molecule has 1 aromatic heterocycles. The summed E-state index contributed by atoms with van der Waals surface area (Å²) in [5, 5.41) is 1.05. The van der Waals surface area contributed by atoms with Crippen molar-refractivity contribution in [2.75, 3.05) is 13.7 Å². The number of hydrogen-bond donors (Lipinski definition) is 2. The van der Waals surface area contributed by atoms with Gasteiger partial charge in [0.1, 0.15) is 16.5 Å². The first kappa shape index (κ1) is 18.7. The molecule has 0 saturated heterocycles. The monoisotopic (exact) mass is 396 g/mol. The summed E-state index contributed by atoms with van der Waals surface area (Å²) in [6.07, 6.45) is 0.414. The first-order chi connectivity index (χ1) is 12.3. The number of aromatic nitrogens is 1. The number of rotatable bonds is 6. The number of halogens is 2. The van der Waals surface area contributed by atoms with Crippen LogP contribution in [0.3, 0.4) is 0 Å². The van der Waals surface area contributed by atoms with E-state index in [9.17, 15) is 12.8 Å². The maximum atomic E-state index is 13.5. The highest BCUT2D eigenvalue weighted by atomic mass is 35.5. The third-order valence-electron chi connectivity index (χ3n) is 4.16. The van der Waals surface area contributed by atoms with Crippen molar-refractivity contribution in [3.63, 3.8) is 0 Å². The predicted octanol–water partition coefficient (Wildman–Crippen LogP) is 3.80. The van der Waals surface area contributed by atoms with Crippen molar-refractivity contribution < 1.29 is 17.5 Å². The first-order valence-corrected chi connectivity index (χ1v) is 9.78. The van der Waals surface area contributed by atoms with Crippen molar-refractivity contribution in [3.05, 3.63) is 58.5 Å². The van der Waals surface area contributed by atoms with Crippen LogP contribution >= 0.6 is 11.6 Å². The second-order valence-corrected chi connectivity index (χ2v) is 8.03. The van der Waals surface area contributed by atoms with Gasteiger partial charge in [0.25, 0.3) is 0 Å². The van der Waals surface area contributed by atoms with E-state index in [1.165, 1.54) is 31.4 Å². The van der Waals surface area contributed by atoms with E-state index in [1.54, 1.807) is 12.1 Å². The van der Waals surface area contributed by atoms with E-state index in [-0.39, 0.29) is 23.0 Å². The molecule has 0 aliphatic rings. The van der Waals surface area contributed by atoms with Crippen LogP contribution in [0.1, 0.15) is 11.3 Å². The summed E-state index contributed by atoms with van der Waals surface area (Å²) in [5.74, 6) is -0.116. The molecule has 0 amide bonds. The van der Waals surface area contributed by atoms with Gasteiger partial charge in [-0.2, -0.15) is 0 Å². The molecule has 26 heavy (non-hydrogen) atoms. The van der Waals surface area contributed by atoms with Gasteiger partial charge in [-0.05, 0) is 55.3 Å². The molecule has 2 N–H and O–H groups in total. The minimum absolute atomic E-state index is 0.0193. The summed E-state index contributed by atoms with van der Waals surface area (Å²) in [6, 6.07) is 8.91. The van der Waals surface area contributed by atoms with Crippen LogP contribution in [0.15, 0.2) is 41.3 Å². The Hall–Kier alpha value is -2.09. The highest BCUT2D eigenvalue weighted by molar-refractivity contribution is 7.89. The van der Waals surface area contributed by atoms with E-state index in [0.29, 0.717) is 11.4 Å². The zero-order chi connectivity index (χ0) is 18.9. The van der Waals surface area contributed by atoms with E-state index in [4.69, 9.17) is 16.3 Å². The minimum Gasteiger partial charge on any atom is -0.495 e. The fourth-order valence-corrected chi connectivity index (χ4v) is 4.39. The Morgan fingerprint density at radius 1 is 1.23 bits per heavy atom. The lowest BCUT2D eigenvalue weighted by atomic mass is 10.1. The van der Waals surface area contributed by atoms with Crippen molar-refractivity contribution in [1.82, 2.24) is 9.71 Å². The number of hydrogen-bond acceptors (Lipinski definition) is 3. The van der Waals surface area contributed by atoms with Crippen LogP contribution < -0.4 is 9.46 Å². The molecule has 1 heterocycles. The summed E-state index contributed by atoms with van der Waals surface area (Å²) in [4.78, 5) is 3.16. The number of benzene rings is 2. The van der Waals surface area contributed by atoms with Gasteiger partial charge in [0.2, 0.25) is 10.0 Å². The number of aryl methyl sites for hydroxylation is 1. The first-order valence-electron chi connectivity index (χ1n) is 7.92. The SMILES string of the molecule is COc1ccc(Cl)cc1S(=O)(=O)NCCc1c(C)[nH]c2ccc(F)cc12. The van der Waals surface area contributed by atoms with E-state index < -0.39 is 10.0 Å². The molecule has 0 aliphatic heterocycles. The van der Waals surface area contributed by atoms with E-state index in [1.807, 2.05) is 6.92 Å². The summed E-state index contributed by atoms with van der Waals surface area (Å²) in [6.45, 7) is 2.03. The summed E-state index contributed by atoms with van der Waals surface area (Å²) < 4.78 is 46.3. The topological polar surface area (TPSA) is 71.2 Å². The van der Waals surface area contributed by atoms with Crippen molar-refractivity contribution in [2.45, 2.75) is 18.2 Å². The van der Waals surface area contributed by atoms with Gasteiger partial charge in [-0.1, -0.05) is 11.6 Å². The Balaban J connectivity index is 1.81. The maximum absolute atomic E-state index is 13.5. The molecule has 138 valence electrons. The highest BCUT2D eigenvalue weighted by Gasteiger charge is 2.20. The molecule has 2 aromatic carbocycles. The van der Waals surface area contributed by atoms with Crippen LogP contribution in [0, 0.1) is 12.7 Å².